The van der Waals surface area contributed by atoms with Gasteiger partial charge in [0.05, 0.1) is 17.0 Å². The number of nitrogens with one attached hydrogen (secondary N) is 1. The Morgan fingerprint density at radius 2 is 2.47 bits per heavy atom. The highest BCUT2D eigenvalue weighted by molar-refractivity contribution is 8.01. The smallest absolute Gasteiger partial charge is 0.150 e. The molecule has 90 valence electrons. The lowest BCUT2D eigenvalue weighted by Crippen LogP contribution is -2.25. The van der Waals surface area contributed by atoms with E-state index in [2.05, 4.69) is 28.8 Å². The number of hydrogen-bond acceptors (Lipinski definition) is 5. The minimum Gasteiger partial charge on any atom is -0.360 e. The van der Waals surface area contributed by atoms with Gasteiger partial charge in [0.25, 0.3) is 0 Å². The molecule has 2 aromatic rings. The first kappa shape index (κ1) is 11.3. The Bertz CT molecular complexity index is 480. The molecule has 1 aliphatic rings. The van der Waals surface area contributed by atoms with Crippen LogP contribution in [0.25, 0.3) is 0 Å². The van der Waals surface area contributed by atoms with Crippen molar-refractivity contribution in [3.63, 3.8) is 0 Å². The maximum atomic E-state index is 5.11. The summed E-state index contributed by atoms with van der Waals surface area (Å²) in [5.74, 6) is 0.896. The fourth-order valence-electron chi connectivity index (χ4n) is 2.10. The monoisotopic (exact) mass is 266 g/mol. The molecule has 3 rings (SSSR count). The van der Waals surface area contributed by atoms with Crippen LogP contribution in [0.4, 0.5) is 0 Å². The summed E-state index contributed by atoms with van der Waals surface area (Å²) in [4.78, 5) is 0. The summed E-state index contributed by atoms with van der Waals surface area (Å²) in [7, 11) is 0. The molecule has 1 unspecified atom stereocenters. The molecule has 3 nitrogen and oxygen atoms in total. The Balaban J connectivity index is 1.71. The van der Waals surface area contributed by atoms with Crippen LogP contribution in [0.5, 0.6) is 0 Å². The Morgan fingerprint density at radius 1 is 1.53 bits per heavy atom. The molecular weight excluding hydrogens is 252 g/mol. The molecule has 3 heterocycles. The van der Waals surface area contributed by atoms with Gasteiger partial charge in [0.1, 0.15) is 5.76 Å². The number of aromatic nitrogens is 1. The molecule has 0 fully saturated rings. The van der Waals surface area contributed by atoms with Gasteiger partial charge in [-0.25, -0.2) is 0 Å². The number of nitrogens with zero attached hydrogens (tertiary/aromatic N) is 1. The van der Waals surface area contributed by atoms with Gasteiger partial charge in [-0.3, -0.25) is 0 Å². The summed E-state index contributed by atoms with van der Waals surface area (Å²) in [5, 5.41) is 10.1. The number of thiophene rings is 1. The van der Waals surface area contributed by atoms with Crippen LogP contribution in [0.3, 0.4) is 0 Å². The lowest BCUT2D eigenvalue weighted by molar-refractivity contribution is 0.359. The molecule has 1 aliphatic heterocycles. The lowest BCUT2D eigenvalue weighted by atomic mass is 10.0. The number of hydrogen-bond donors (Lipinski definition) is 1. The zero-order chi connectivity index (χ0) is 11.7. The zero-order valence-corrected chi connectivity index (χ0v) is 11.2. The SMILES string of the molecule is C[C@H]1CC(NCc2ccno2)c2ccsc2S1. The lowest BCUT2D eigenvalue weighted by Gasteiger charge is -2.27. The van der Waals surface area contributed by atoms with E-state index in [0.717, 1.165) is 12.3 Å². The molecule has 0 saturated heterocycles. The van der Waals surface area contributed by atoms with E-state index in [9.17, 15) is 0 Å². The maximum absolute atomic E-state index is 5.11. The zero-order valence-electron chi connectivity index (χ0n) is 9.55. The standard InChI is InChI=1S/C12H14N2OS2/c1-8-6-11(10-3-5-16-12(10)17-8)13-7-9-2-4-14-15-9/h2-5,8,11,13H,6-7H2,1H3/t8-,11?/m0/s1. The average molecular weight is 266 g/mol. The van der Waals surface area contributed by atoms with Crippen LogP contribution in [0, 0.1) is 0 Å². The Labute approximate surface area is 109 Å². The van der Waals surface area contributed by atoms with Crippen LogP contribution < -0.4 is 5.32 Å². The maximum Gasteiger partial charge on any atom is 0.150 e. The first-order valence-corrected chi connectivity index (χ1v) is 7.46. The minimum absolute atomic E-state index is 0.442. The summed E-state index contributed by atoms with van der Waals surface area (Å²) in [6, 6.07) is 4.58. The molecule has 0 aliphatic carbocycles. The fourth-order valence-corrected chi connectivity index (χ4v) is 4.67. The van der Waals surface area contributed by atoms with Crippen LogP contribution in [0.15, 0.2) is 32.4 Å². The van der Waals surface area contributed by atoms with Gasteiger partial charge >= 0.3 is 0 Å². The van der Waals surface area contributed by atoms with Crippen molar-refractivity contribution in [3.05, 3.63) is 35.0 Å². The van der Waals surface area contributed by atoms with Gasteiger partial charge < -0.3 is 9.84 Å². The van der Waals surface area contributed by atoms with E-state index in [1.54, 1.807) is 6.20 Å². The molecule has 0 bridgehead atoms. The van der Waals surface area contributed by atoms with Gasteiger partial charge in [-0.05, 0) is 23.4 Å². The van der Waals surface area contributed by atoms with E-state index < -0.39 is 0 Å². The predicted octanol–water partition coefficient (Wildman–Crippen LogP) is 3.45. The topological polar surface area (TPSA) is 38.1 Å². The van der Waals surface area contributed by atoms with Crippen molar-refractivity contribution >= 4 is 23.1 Å². The van der Waals surface area contributed by atoms with Crippen LogP contribution in [-0.2, 0) is 6.54 Å². The van der Waals surface area contributed by atoms with E-state index >= 15 is 0 Å². The van der Waals surface area contributed by atoms with Crippen molar-refractivity contribution in [2.75, 3.05) is 0 Å². The minimum atomic E-state index is 0.442. The summed E-state index contributed by atoms with van der Waals surface area (Å²) in [6.07, 6.45) is 2.86. The van der Waals surface area contributed by atoms with Crippen LogP contribution >= 0.6 is 23.1 Å². The van der Waals surface area contributed by atoms with Gasteiger partial charge in [0.2, 0.25) is 0 Å². The average Bonchev–Trinajstić information content (AvgIpc) is 2.95. The largest absolute Gasteiger partial charge is 0.360 e. The molecule has 0 aromatic carbocycles. The van der Waals surface area contributed by atoms with Crippen LogP contribution in [-0.4, -0.2) is 10.4 Å². The molecule has 17 heavy (non-hydrogen) atoms. The fraction of sp³-hybridized carbons (Fsp3) is 0.417. The van der Waals surface area contributed by atoms with E-state index in [0.29, 0.717) is 11.3 Å². The van der Waals surface area contributed by atoms with E-state index in [1.807, 2.05) is 29.2 Å². The first-order chi connectivity index (χ1) is 8.33. The third-order valence-electron chi connectivity index (χ3n) is 2.92. The van der Waals surface area contributed by atoms with Crippen molar-refractivity contribution in [3.8, 4) is 0 Å². The van der Waals surface area contributed by atoms with Gasteiger partial charge in [-0.1, -0.05) is 12.1 Å². The second-order valence-corrected chi connectivity index (χ2v) is 6.86. The molecule has 5 heteroatoms. The third kappa shape index (κ3) is 2.41. The van der Waals surface area contributed by atoms with Crippen molar-refractivity contribution in [2.24, 2.45) is 0 Å². The first-order valence-electron chi connectivity index (χ1n) is 5.70. The van der Waals surface area contributed by atoms with E-state index in [4.69, 9.17) is 4.52 Å². The Morgan fingerprint density at radius 3 is 3.29 bits per heavy atom. The van der Waals surface area contributed by atoms with Gasteiger partial charge in [0.15, 0.2) is 0 Å². The number of rotatable bonds is 3. The van der Waals surface area contributed by atoms with Crippen molar-refractivity contribution < 1.29 is 4.52 Å². The van der Waals surface area contributed by atoms with Gasteiger partial charge in [-0.15, -0.1) is 23.1 Å². The number of fused-ring (bicyclic) bond motifs is 1. The highest BCUT2D eigenvalue weighted by Crippen LogP contribution is 2.43. The Hall–Kier alpha value is -0.780. The summed E-state index contributed by atoms with van der Waals surface area (Å²) >= 11 is 3.83. The summed E-state index contributed by atoms with van der Waals surface area (Å²) in [5.41, 5.74) is 1.44. The predicted molar refractivity (Wildman–Crippen MR) is 70.3 cm³/mol. The Kier molecular flexibility index (Phi) is 3.22. The van der Waals surface area contributed by atoms with Gasteiger partial charge in [-0.2, -0.15) is 0 Å². The second-order valence-electron chi connectivity index (χ2n) is 4.24. The quantitative estimate of drug-likeness (QED) is 0.923. The van der Waals surface area contributed by atoms with Crippen LogP contribution in [0.1, 0.15) is 30.7 Å². The second kappa shape index (κ2) is 4.84. The van der Waals surface area contributed by atoms with Crippen LogP contribution in [0.2, 0.25) is 0 Å². The molecule has 0 amide bonds. The van der Waals surface area contributed by atoms with Crippen molar-refractivity contribution in [2.45, 2.75) is 35.4 Å². The van der Waals surface area contributed by atoms with Crippen molar-refractivity contribution in [1.82, 2.24) is 10.5 Å². The molecule has 1 N–H and O–H groups in total. The summed E-state index contributed by atoms with van der Waals surface area (Å²) < 4.78 is 6.56. The molecule has 2 aromatic heterocycles. The molecule has 0 radical (unpaired) electrons. The normalized spacial score (nSPS) is 23.6. The van der Waals surface area contributed by atoms with E-state index in [-0.39, 0.29) is 0 Å². The molecule has 0 saturated carbocycles. The highest BCUT2D eigenvalue weighted by atomic mass is 32.2. The highest BCUT2D eigenvalue weighted by Gasteiger charge is 2.25. The van der Waals surface area contributed by atoms with E-state index in [1.165, 1.54) is 16.2 Å². The molecule has 2 atom stereocenters. The third-order valence-corrected chi connectivity index (χ3v) is 5.27. The molecular formula is C12H14N2OS2. The van der Waals surface area contributed by atoms with Crippen molar-refractivity contribution in [1.29, 1.82) is 0 Å². The van der Waals surface area contributed by atoms with Gasteiger partial charge in [0, 0.05) is 17.4 Å². The summed E-state index contributed by atoms with van der Waals surface area (Å²) in [6.45, 7) is 3.04. The number of thioether (sulfide) groups is 1. The molecule has 0 spiro atoms.